The van der Waals surface area contributed by atoms with Crippen molar-refractivity contribution in [3.8, 4) is 0 Å². The summed E-state index contributed by atoms with van der Waals surface area (Å²) in [4.78, 5) is -1.13. The van der Waals surface area contributed by atoms with Crippen LogP contribution < -0.4 is 5.73 Å². The third kappa shape index (κ3) is 2.55. The zero-order chi connectivity index (χ0) is 15.1. The minimum Gasteiger partial charge on any atom is -0.323 e. The molecule has 0 atom stereocenters. The van der Waals surface area contributed by atoms with Crippen molar-refractivity contribution in [2.45, 2.75) is 30.2 Å². The van der Waals surface area contributed by atoms with Crippen LogP contribution >= 0.6 is 0 Å². The van der Waals surface area contributed by atoms with E-state index in [4.69, 9.17) is 5.73 Å². The molecule has 0 aromatic heterocycles. The van der Waals surface area contributed by atoms with Crippen LogP contribution in [0.1, 0.15) is 19.8 Å². The molecule has 0 radical (unpaired) electrons. The third-order valence-corrected chi connectivity index (χ3v) is 5.14. The fourth-order valence-corrected chi connectivity index (χ4v) is 4.11. The van der Waals surface area contributed by atoms with Crippen LogP contribution in [0.2, 0.25) is 0 Å². The van der Waals surface area contributed by atoms with Gasteiger partial charge in [0.1, 0.15) is 17.5 Å². The first kappa shape index (κ1) is 15.3. The molecule has 4 nitrogen and oxygen atoms in total. The molecular formula is C12H15F3N2O2S. The molecule has 8 heteroatoms. The minimum atomic E-state index is -4.33. The molecule has 0 unspecified atom stereocenters. The highest BCUT2D eigenvalue weighted by atomic mass is 32.2. The summed E-state index contributed by atoms with van der Waals surface area (Å²) in [5.74, 6) is -4.04. The predicted molar refractivity (Wildman–Crippen MR) is 66.9 cm³/mol. The van der Waals surface area contributed by atoms with Gasteiger partial charge in [-0.15, -0.1) is 0 Å². The van der Waals surface area contributed by atoms with Gasteiger partial charge in [-0.25, -0.2) is 21.6 Å². The maximum atomic E-state index is 13.6. The number of rotatable bonds is 4. The zero-order valence-electron chi connectivity index (χ0n) is 10.9. The summed E-state index contributed by atoms with van der Waals surface area (Å²) < 4.78 is 65.1. The van der Waals surface area contributed by atoms with Gasteiger partial charge in [0.15, 0.2) is 4.90 Å². The smallest absolute Gasteiger partial charge is 0.249 e. The van der Waals surface area contributed by atoms with Gasteiger partial charge in [0.25, 0.3) is 0 Å². The van der Waals surface area contributed by atoms with E-state index in [-0.39, 0.29) is 13.1 Å². The fourth-order valence-electron chi connectivity index (χ4n) is 2.39. The van der Waals surface area contributed by atoms with E-state index in [1.165, 1.54) is 0 Å². The summed E-state index contributed by atoms with van der Waals surface area (Å²) in [6.07, 6.45) is 1.40. The molecule has 0 bridgehead atoms. The Morgan fingerprint density at radius 3 is 2.20 bits per heavy atom. The number of hydrogen-bond donors (Lipinski definition) is 1. The molecular weight excluding hydrogens is 293 g/mol. The molecule has 0 saturated carbocycles. The fraction of sp³-hybridized carbons (Fsp3) is 0.500. The number of hydrogen-bond acceptors (Lipinski definition) is 3. The van der Waals surface area contributed by atoms with Crippen LogP contribution in [0.15, 0.2) is 17.0 Å². The average Bonchev–Trinajstić information content (AvgIpc) is 2.23. The number of nitrogens with two attached hydrogens (primary N) is 1. The van der Waals surface area contributed by atoms with Crippen molar-refractivity contribution in [3.63, 3.8) is 0 Å². The number of benzene rings is 1. The first-order chi connectivity index (χ1) is 9.19. The second kappa shape index (κ2) is 5.01. The topological polar surface area (TPSA) is 63.4 Å². The summed E-state index contributed by atoms with van der Waals surface area (Å²) >= 11 is 0. The van der Waals surface area contributed by atoms with Gasteiger partial charge in [0, 0.05) is 30.8 Å². The number of halogens is 3. The van der Waals surface area contributed by atoms with Crippen molar-refractivity contribution in [1.29, 1.82) is 0 Å². The third-order valence-electron chi connectivity index (χ3n) is 3.29. The van der Waals surface area contributed by atoms with Gasteiger partial charge in [-0.2, -0.15) is 4.31 Å². The summed E-state index contributed by atoms with van der Waals surface area (Å²) in [5.41, 5.74) is 5.27. The van der Waals surface area contributed by atoms with Crippen molar-refractivity contribution < 1.29 is 21.6 Å². The second-order valence-electron chi connectivity index (χ2n) is 5.08. The summed E-state index contributed by atoms with van der Waals surface area (Å²) in [5, 5.41) is 0. The van der Waals surface area contributed by atoms with Crippen molar-refractivity contribution in [3.05, 3.63) is 29.6 Å². The molecule has 1 heterocycles. The van der Waals surface area contributed by atoms with Crippen molar-refractivity contribution in [2.75, 3.05) is 13.1 Å². The molecule has 1 aromatic rings. The SMILES string of the molecule is CCCC1(N)CN(S(=O)(=O)c2c(F)cc(F)cc2F)C1. The summed E-state index contributed by atoms with van der Waals surface area (Å²) in [6.45, 7) is 1.91. The molecule has 0 amide bonds. The zero-order valence-corrected chi connectivity index (χ0v) is 11.7. The molecule has 1 saturated heterocycles. The first-order valence-electron chi connectivity index (χ1n) is 6.13. The quantitative estimate of drug-likeness (QED) is 0.919. The van der Waals surface area contributed by atoms with Gasteiger partial charge >= 0.3 is 0 Å². The normalized spacial score (nSPS) is 18.9. The van der Waals surface area contributed by atoms with E-state index >= 15 is 0 Å². The molecule has 20 heavy (non-hydrogen) atoms. The van der Waals surface area contributed by atoms with E-state index in [9.17, 15) is 21.6 Å². The standard InChI is InChI=1S/C12H15F3N2O2S/c1-2-3-12(16)6-17(7-12)20(18,19)11-9(14)4-8(13)5-10(11)15/h4-5H,2-3,6-7,16H2,1H3. The summed E-state index contributed by atoms with van der Waals surface area (Å²) in [7, 11) is -4.33. The maximum Gasteiger partial charge on any atom is 0.249 e. The molecule has 2 N–H and O–H groups in total. The lowest BCUT2D eigenvalue weighted by Crippen LogP contribution is -2.68. The Labute approximate surface area is 115 Å². The van der Waals surface area contributed by atoms with Crippen LogP contribution in [-0.2, 0) is 10.0 Å². The Kier molecular flexibility index (Phi) is 3.83. The van der Waals surface area contributed by atoms with Gasteiger partial charge in [0.2, 0.25) is 10.0 Å². The van der Waals surface area contributed by atoms with Gasteiger partial charge in [-0.05, 0) is 6.42 Å². The van der Waals surface area contributed by atoms with Gasteiger partial charge in [-0.3, -0.25) is 0 Å². The second-order valence-corrected chi connectivity index (χ2v) is 6.96. The maximum absolute atomic E-state index is 13.6. The van der Waals surface area contributed by atoms with Crippen LogP contribution in [0, 0.1) is 17.5 Å². The molecule has 0 spiro atoms. The molecule has 0 aliphatic carbocycles. The number of nitrogens with zero attached hydrogens (tertiary/aromatic N) is 1. The lowest BCUT2D eigenvalue weighted by Gasteiger charge is -2.46. The van der Waals surface area contributed by atoms with Crippen LogP contribution in [0.25, 0.3) is 0 Å². The molecule has 1 aromatic carbocycles. The molecule has 1 fully saturated rings. The van der Waals surface area contributed by atoms with Crippen molar-refractivity contribution in [1.82, 2.24) is 4.31 Å². The van der Waals surface area contributed by atoms with Crippen molar-refractivity contribution in [2.24, 2.45) is 5.73 Å². The lowest BCUT2D eigenvalue weighted by atomic mass is 9.89. The Morgan fingerprint density at radius 1 is 1.25 bits per heavy atom. The molecule has 2 rings (SSSR count). The Hall–Kier alpha value is -1.12. The Balaban J connectivity index is 2.30. The van der Waals surface area contributed by atoms with Crippen LogP contribution in [-0.4, -0.2) is 31.4 Å². The van der Waals surface area contributed by atoms with Crippen LogP contribution in [0.4, 0.5) is 13.2 Å². The summed E-state index contributed by atoms with van der Waals surface area (Å²) in [6, 6.07) is 0.689. The molecule has 1 aliphatic rings. The van der Waals surface area contributed by atoms with E-state index in [1.807, 2.05) is 6.92 Å². The monoisotopic (exact) mass is 308 g/mol. The van der Waals surface area contributed by atoms with Crippen LogP contribution in [0.3, 0.4) is 0 Å². The van der Waals surface area contributed by atoms with Gasteiger partial charge in [0.05, 0.1) is 0 Å². The first-order valence-corrected chi connectivity index (χ1v) is 7.57. The molecule has 1 aliphatic heterocycles. The lowest BCUT2D eigenvalue weighted by molar-refractivity contribution is 0.146. The van der Waals surface area contributed by atoms with E-state index < -0.39 is 37.9 Å². The van der Waals surface area contributed by atoms with E-state index in [1.54, 1.807) is 0 Å². The van der Waals surface area contributed by atoms with Gasteiger partial charge in [-0.1, -0.05) is 13.3 Å². The highest BCUT2D eigenvalue weighted by Crippen LogP contribution is 2.31. The predicted octanol–water partition coefficient (Wildman–Crippen LogP) is 1.61. The largest absolute Gasteiger partial charge is 0.323 e. The van der Waals surface area contributed by atoms with E-state index in [0.717, 1.165) is 10.7 Å². The van der Waals surface area contributed by atoms with E-state index in [0.29, 0.717) is 18.6 Å². The van der Waals surface area contributed by atoms with Crippen molar-refractivity contribution >= 4 is 10.0 Å². The van der Waals surface area contributed by atoms with Gasteiger partial charge < -0.3 is 5.73 Å². The Bertz CT molecular complexity index is 605. The van der Waals surface area contributed by atoms with E-state index in [2.05, 4.69) is 0 Å². The highest BCUT2D eigenvalue weighted by molar-refractivity contribution is 7.89. The Morgan fingerprint density at radius 2 is 1.75 bits per heavy atom. The van der Waals surface area contributed by atoms with Crippen LogP contribution in [0.5, 0.6) is 0 Å². The average molecular weight is 308 g/mol. The number of sulfonamides is 1. The highest BCUT2D eigenvalue weighted by Gasteiger charge is 2.46. The molecule has 112 valence electrons. The minimum absolute atomic E-state index is 0.000566.